The molecule has 0 amide bonds. The predicted octanol–water partition coefficient (Wildman–Crippen LogP) is 23.6. The van der Waals surface area contributed by atoms with Gasteiger partial charge in [0.1, 0.15) is 19.3 Å². The molecule has 3 unspecified atom stereocenters. The molecule has 0 rings (SSSR count). The maximum Gasteiger partial charge on any atom is 0.472 e. The summed E-state index contributed by atoms with van der Waals surface area (Å²) in [7, 11) is -9.92. The lowest BCUT2D eigenvalue weighted by molar-refractivity contribution is -0.161. The van der Waals surface area contributed by atoms with Gasteiger partial charge in [0.15, 0.2) is 12.2 Å². The van der Waals surface area contributed by atoms with Crippen molar-refractivity contribution in [1.29, 1.82) is 0 Å². The van der Waals surface area contributed by atoms with E-state index in [0.717, 1.165) is 114 Å². The summed E-state index contributed by atoms with van der Waals surface area (Å²) in [5, 5.41) is 10.6. The fourth-order valence-corrected chi connectivity index (χ4v) is 13.8. The van der Waals surface area contributed by atoms with E-state index in [-0.39, 0.29) is 25.7 Å². The number of ether oxygens (including phenoxy) is 4. The zero-order chi connectivity index (χ0) is 73.1. The highest BCUT2D eigenvalue weighted by Crippen LogP contribution is 2.45. The lowest BCUT2D eigenvalue weighted by atomic mass is 9.99. The number of carbonyl (C=O) groups is 4. The lowest BCUT2D eigenvalue weighted by Gasteiger charge is -2.21. The Balaban J connectivity index is 5.17. The third kappa shape index (κ3) is 72.8. The molecule has 0 aromatic rings. The van der Waals surface area contributed by atoms with Gasteiger partial charge in [0.05, 0.1) is 26.4 Å². The van der Waals surface area contributed by atoms with Crippen molar-refractivity contribution in [2.24, 2.45) is 23.7 Å². The van der Waals surface area contributed by atoms with Gasteiger partial charge in [0.25, 0.3) is 0 Å². The van der Waals surface area contributed by atoms with Gasteiger partial charge in [0, 0.05) is 25.7 Å². The molecule has 19 heteroatoms. The van der Waals surface area contributed by atoms with Crippen molar-refractivity contribution in [2.75, 3.05) is 39.6 Å². The first-order chi connectivity index (χ1) is 47.6. The van der Waals surface area contributed by atoms with E-state index >= 15 is 0 Å². The van der Waals surface area contributed by atoms with E-state index in [9.17, 15) is 43.2 Å². The number of carbonyl (C=O) groups excluding carboxylic acids is 4. The van der Waals surface area contributed by atoms with Crippen molar-refractivity contribution in [3.05, 3.63) is 0 Å². The molecule has 0 heterocycles. The van der Waals surface area contributed by atoms with Gasteiger partial charge in [-0.15, -0.1) is 0 Å². The Morgan fingerprint density at radius 2 is 0.485 bits per heavy atom. The average Bonchev–Trinajstić information content (AvgIpc) is 0.994. The SMILES string of the molecule is CCC(C)CCCCCCCCCCCCCCCCCCCCC(=O)O[C@H](COC(=O)CCCCCCCCC(C)C)COP(=O)(O)OC[C@H](O)COP(=O)(O)OC[C@@H](COC(=O)CCCCCCCCCCCCCCC(C)C)OC(=O)CCCCCCCCCCCCC(C)C. The van der Waals surface area contributed by atoms with Gasteiger partial charge in [-0.1, -0.05) is 357 Å². The van der Waals surface area contributed by atoms with E-state index in [4.69, 9.17) is 37.0 Å². The molecule has 17 nitrogen and oxygen atoms in total. The lowest BCUT2D eigenvalue weighted by Crippen LogP contribution is -2.30. The molecule has 6 atom stereocenters. The minimum atomic E-state index is -4.96. The van der Waals surface area contributed by atoms with Crippen LogP contribution in [0, 0.1) is 23.7 Å². The molecule has 0 aliphatic carbocycles. The first-order valence-corrected chi connectivity index (χ1v) is 44.2. The van der Waals surface area contributed by atoms with Crippen LogP contribution >= 0.6 is 15.6 Å². The average molecular weight is 1450 g/mol. The summed E-state index contributed by atoms with van der Waals surface area (Å²) in [5.41, 5.74) is 0. The Morgan fingerprint density at radius 3 is 0.717 bits per heavy atom. The summed E-state index contributed by atoms with van der Waals surface area (Å²) < 4.78 is 68.6. The van der Waals surface area contributed by atoms with Gasteiger partial charge >= 0.3 is 39.5 Å². The number of rotatable bonds is 77. The standard InChI is InChI=1S/C80H156O17P2/c1-9-73(8)59-51-43-34-28-21-16-14-12-10-11-13-15-17-23-30-36-46-54-62-79(84)97-76(67-91-78(83)61-53-45-39-38-42-50-58-72(6)7)69-95-99(88,89)93-65-74(81)64-92-98(86,87)94-68-75(96-80(85)63-55-47-37-31-25-24-27-33-41-49-57-71(4)5)66-90-77(82)60-52-44-35-29-22-19-18-20-26-32-40-48-56-70(2)3/h70-76,81H,9-69H2,1-8H3,(H,86,87)(H,88,89)/t73?,74-,75-,76-/m1/s1. The largest absolute Gasteiger partial charge is 0.472 e. The second-order valence-electron chi connectivity index (χ2n) is 30.5. The summed E-state index contributed by atoms with van der Waals surface area (Å²) in [5.74, 6) is 0.966. The summed E-state index contributed by atoms with van der Waals surface area (Å²) in [6.07, 6.45) is 55.7. The van der Waals surface area contributed by atoms with Gasteiger partial charge in [-0.2, -0.15) is 0 Å². The number of aliphatic hydroxyl groups excluding tert-OH is 1. The number of unbranched alkanes of at least 4 members (excludes halogenated alkanes) is 42. The number of hydrogen-bond acceptors (Lipinski definition) is 15. The summed E-state index contributed by atoms with van der Waals surface area (Å²) >= 11 is 0. The Labute approximate surface area is 607 Å². The monoisotopic (exact) mass is 1450 g/mol. The number of hydrogen-bond donors (Lipinski definition) is 3. The van der Waals surface area contributed by atoms with E-state index in [1.165, 1.54) is 205 Å². The minimum Gasteiger partial charge on any atom is -0.462 e. The minimum absolute atomic E-state index is 0.106. The molecule has 3 N–H and O–H groups in total. The molecule has 0 saturated heterocycles. The zero-order valence-corrected chi connectivity index (χ0v) is 66.9. The van der Waals surface area contributed by atoms with E-state index in [1.807, 2.05) is 0 Å². The fraction of sp³-hybridized carbons (Fsp3) is 0.950. The second kappa shape index (κ2) is 69.1. The van der Waals surface area contributed by atoms with Gasteiger partial charge < -0.3 is 33.8 Å². The van der Waals surface area contributed by atoms with Gasteiger partial charge in [0.2, 0.25) is 0 Å². The van der Waals surface area contributed by atoms with Gasteiger partial charge in [-0.25, -0.2) is 9.13 Å². The molecule has 0 aromatic carbocycles. The fourth-order valence-electron chi connectivity index (χ4n) is 12.2. The van der Waals surface area contributed by atoms with Crippen LogP contribution in [0.3, 0.4) is 0 Å². The van der Waals surface area contributed by atoms with Crippen molar-refractivity contribution in [1.82, 2.24) is 0 Å². The highest BCUT2D eigenvalue weighted by Gasteiger charge is 2.30. The van der Waals surface area contributed by atoms with Crippen LogP contribution in [0.5, 0.6) is 0 Å². The predicted molar refractivity (Wildman–Crippen MR) is 404 cm³/mol. The topological polar surface area (TPSA) is 237 Å². The van der Waals surface area contributed by atoms with Crippen LogP contribution in [-0.4, -0.2) is 96.7 Å². The zero-order valence-electron chi connectivity index (χ0n) is 65.1. The van der Waals surface area contributed by atoms with Crippen molar-refractivity contribution in [3.63, 3.8) is 0 Å². The van der Waals surface area contributed by atoms with Crippen LogP contribution in [0.4, 0.5) is 0 Å². The molecular weight excluding hydrogens is 1290 g/mol. The van der Waals surface area contributed by atoms with E-state index in [0.29, 0.717) is 31.6 Å². The quantitative estimate of drug-likeness (QED) is 0.0222. The van der Waals surface area contributed by atoms with Crippen LogP contribution in [0.25, 0.3) is 0 Å². The maximum atomic E-state index is 13.1. The van der Waals surface area contributed by atoms with Crippen molar-refractivity contribution >= 4 is 39.5 Å². The third-order valence-electron chi connectivity index (χ3n) is 18.9. The van der Waals surface area contributed by atoms with Crippen molar-refractivity contribution < 1.29 is 80.2 Å². The van der Waals surface area contributed by atoms with Crippen LogP contribution in [-0.2, 0) is 65.4 Å². The summed E-state index contributed by atoms with van der Waals surface area (Å²) in [6, 6.07) is 0. The van der Waals surface area contributed by atoms with E-state index < -0.39 is 97.5 Å². The van der Waals surface area contributed by atoms with Gasteiger partial charge in [-0.3, -0.25) is 37.3 Å². The van der Waals surface area contributed by atoms with Crippen molar-refractivity contribution in [3.8, 4) is 0 Å². The van der Waals surface area contributed by atoms with Crippen LogP contribution in [0.1, 0.15) is 409 Å². The molecule has 0 radical (unpaired) electrons. The highest BCUT2D eigenvalue weighted by molar-refractivity contribution is 7.47. The van der Waals surface area contributed by atoms with Crippen LogP contribution in [0.2, 0.25) is 0 Å². The first-order valence-electron chi connectivity index (χ1n) is 41.2. The Bertz CT molecular complexity index is 1940. The normalized spacial score (nSPS) is 14.3. The third-order valence-corrected chi connectivity index (χ3v) is 20.8. The maximum absolute atomic E-state index is 13.1. The molecule has 0 saturated carbocycles. The smallest absolute Gasteiger partial charge is 0.462 e. The molecule has 0 spiro atoms. The Hall–Kier alpha value is -1.94. The number of aliphatic hydroxyl groups is 1. The molecule has 0 aromatic heterocycles. The summed E-state index contributed by atoms with van der Waals surface area (Å²) in [6.45, 7) is 14.2. The molecule has 0 fully saturated rings. The molecular formula is C80H156O17P2. The molecule has 588 valence electrons. The number of esters is 4. The first kappa shape index (κ1) is 97.1. The van der Waals surface area contributed by atoms with E-state index in [1.54, 1.807) is 0 Å². The molecule has 0 aliphatic rings. The highest BCUT2D eigenvalue weighted by atomic mass is 31.2. The Morgan fingerprint density at radius 1 is 0.283 bits per heavy atom. The number of phosphoric acid groups is 2. The summed E-state index contributed by atoms with van der Waals surface area (Å²) in [4.78, 5) is 72.9. The van der Waals surface area contributed by atoms with Crippen molar-refractivity contribution in [2.45, 2.75) is 427 Å². The van der Waals surface area contributed by atoms with Gasteiger partial charge in [-0.05, 0) is 49.4 Å². The second-order valence-corrected chi connectivity index (χ2v) is 33.4. The number of phosphoric ester groups is 2. The molecule has 99 heavy (non-hydrogen) atoms. The Kier molecular flexibility index (Phi) is 67.8. The molecule has 0 bridgehead atoms. The molecule has 0 aliphatic heterocycles. The van der Waals surface area contributed by atoms with Crippen LogP contribution in [0.15, 0.2) is 0 Å². The van der Waals surface area contributed by atoms with Crippen LogP contribution < -0.4 is 0 Å². The van der Waals surface area contributed by atoms with E-state index in [2.05, 4.69) is 55.4 Å².